The van der Waals surface area contributed by atoms with E-state index in [2.05, 4.69) is 4.99 Å². The summed E-state index contributed by atoms with van der Waals surface area (Å²) in [7, 11) is 0. The van der Waals surface area contributed by atoms with Gasteiger partial charge in [0, 0.05) is 11.6 Å². The molecule has 106 valence electrons. The van der Waals surface area contributed by atoms with Crippen LogP contribution in [-0.2, 0) is 9.53 Å². The summed E-state index contributed by atoms with van der Waals surface area (Å²) in [5, 5.41) is 0. The second-order valence-corrected chi connectivity index (χ2v) is 4.31. The molecule has 0 spiro atoms. The molecule has 0 fully saturated rings. The fourth-order valence-electron chi connectivity index (χ4n) is 1.90. The highest BCUT2D eigenvalue weighted by molar-refractivity contribution is 6.12. The predicted octanol–water partition coefficient (Wildman–Crippen LogP) is 3.02. The van der Waals surface area contributed by atoms with E-state index in [1.165, 1.54) is 6.26 Å². The van der Waals surface area contributed by atoms with Crippen molar-refractivity contribution in [3.63, 3.8) is 0 Å². The van der Waals surface area contributed by atoms with Crippen LogP contribution in [0.25, 0.3) is 6.08 Å². The van der Waals surface area contributed by atoms with Crippen LogP contribution in [0, 0.1) is 0 Å². The summed E-state index contributed by atoms with van der Waals surface area (Å²) in [6.45, 7) is 2.52. The maximum absolute atomic E-state index is 11.8. The number of rotatable bonds is 4. The molecule has 0 radical (unpaired) electrons. The Morgan fingerprint density at radius 3 is 2.71 bits per heavy atom. The summed E-state index contributed by atoms with van der Waals surface area (Å²) in [5.74, 6) is 1.10. The number of ether oxygens (including phenoxy) is 2. The first kappa shape index (κ1) is 13.2. The Morgan fingerprint density at radius 1 is 1.24 bits per heavy atom. The van der Waals surface area contributed by atoms with Crippen LogP contribution < -0.4 is 4.74 Å². The Balaban J connectivity index is 1.84. The van der Waals surface area contributed by atoms with E-state index in [9.17, 15) is 4.79 Å². The Kier molecular flexibility index (Phi) is 3.55. The predicted molar refractivity (Wildman–Crippen MR) is 76.9 cm³/mol. The zero-order valence-electron chi connectivity index (χ0n) is 11.4. The highest BCUT2D eigenvalue weighted by Crippen LogP contribution is 2.20. The van der Waals surface area contributed by atoms with Gasteiger partial charge in [0.1, 0.15) is 11.5 Å². The van der Waals surface area contributed by atoms with Crippen LogP contribution in [0.1, 0.15) is 18.2 Å². The van der Waals surface area contributed by atoms with Crippen molar-refractivity contribution in [2.75, 3.05) is 6.61 Å². The van der Waals surface area contributed by atoms with Crippen LogP contribution in [0.5, 0.6) is 5.75 Å². The van der Waals surface area contributed by atoms with Crippen molar-refractivity contribution in [3.8, 4) is 5.75 Å². The largest absolute Gasteiger partial charge is 0.494 e. The first-order valence-corrected chi connectivity index (χ1v) is 6.55. The van der Waals surface area contributed by atoms with Crippen LogP contribution in [0.4, 0.5) is 0 Å². The zero-order valence-corrected chi connectivity index (χ0v) is 11.4. The van der Waals surface area contributed by atoms with Gasteiger partial charge in [-0.2, -0.15) is 0 Å². The van der Waals surface area contributed by atoms with E-state index in [1.54, 1.807) is 30.3 Å². The van der Waals surface area contributed by atoms with Gasteiger partial charge in [0.15, 0.2) is 5.70 Å². The molecular weight excluding hydrogens is 270 g/mol. The fourth-order valence-corrected chi connectivity index (χ4v) is 1.90. The Morgan fingerprint density at radius 2 is 2.05 bits per heavy atom. The molecule has 1 aromatic carbocycles. The van der Waals surface area contributed by atoms with Crippen LogP contribution in [0.3, 0.4) is 0 Å². The minimum atomic E-state index is -0.490. The smallest absolute Gasteiger partial charge is 0.363 e. The number of esters is 1. The van der Waals surface area contributed by atoms with Crippen molar-refractivity contribution in [2.45, 2.75) is 6.92 Å². The molecule has 1 aliphatic rings. The lowest BCUT2D eigenvalue weighted by atomic mass is 10.2. The first-order chi connectivity index (χ1) is 10.3. The zero-order chi connectivity index (χ0) is 14.7. The number of benzene rings is 1. The number of furan rings is 1. The van der Waals surface area contributed by atoms with E-state index in [0.29, 0.717) is 12.4 Å². The average molecular weight is 283 g/mol. The second-order valence-electron chi connectivity index (χ2n) is 4.31. The molecule has 5 heteroatoms. The van der Waals surface area contributed by atoms with E-state index in [4.69, 9.17) is 13.9 Å². The third kappa shape index (κ3) is 2.86. The first-order valence-electron chi connectivity index (χ1n) is 6.55. The van der Waals surface area contributed by atoms with Crippen LogP contribution in [-0.4, -0.2) is 18.5 Å². The van der Waals surface area contributed by atoms with Gasteiger partial charge in [-0.25, -0.2) is 9.79 Å². The molecule has 1 aromatic heterocycles. The quantitative estimate of drug-likeness (QED) is 0.639. The normalized spacial score (nSPS) is 16.0. The second kappa shape index (κ2) is 5.66. The Hall–Kier alpha value is -2.82. The molecule has 0 unspecified atom stereocenters. The third-order valence-corrected chi connectivity index (χ3v) is 2.85. The maximum Gasteiger partial charge on any atom is 0.363 e. The fraction of sp³-hybridized carbons (Fsp3) is 0.125. The van der Waals surface area contributed by atoms with E-state index in [0.717, 1.165) is 11.3 Å². The molecule has 2 heterocycles. The summed E-state index contributed by atoms with van der Waals surface area (Å²) >= 11 is 0. The minimum Gasteiger partial charge on any atom is -0.494 e. The highest BCUT2D eigenvalue weighted by Gasteiger charge is 2.24. The van der Waals surface area contributed by atoms with Gasteiger partial charge in [-0.15, -0.1) is 0 Å². The third-order valence-electron chi connectivity index (χ3n) is 2.85. The van der Waals surface area contributed by atoms with Crippen molar-refractivity contribution in [1.82, 2.24) is 0 Å². The lowest BCUT2D eigenvalue weighted by Crippen LogP contribution is -2.05. The van der Waals surface area contributed by atoms with Crippen LogP contribution in [0.2, 0.25) is 0 Å². The SMILES string of the molecule is CCOc1ccc(C2=N/C(=C\c3ccco3)C(=O)O2)cc1. The standard InChI is InChI=1S/C16H13NO4/c1-2-19-12-7-5-11(6-8-12)15-17-14(16(18)21-15)10-13-4-3-9-20-13/h3-10H,2H2,1H3/b14-10-. The molecule has 0 atom stereocenters. The van der Waals surface area contributed by atoms with Gasteiger partial charge in [0.2, 0.25) is 5.90 Å². The van der Waals surface area contributed by atoms with E-state index in [-0.39, 0.29) is 11.6 Å². The topological polar surface area (TPSA) is 61.0 Å². The van der Waals surface area contributed by atoms with E-state index in [1.807, 2.05) is 19.1 Å². The summed E-state index contributed by atoms with van der Waals surface area (Å²) in [4.78, 5) is 16.0. The van der Waals surface area contributed by atoms with Crippen LogP contribution in [0.15, 0.2) is 57.8 Å². The molecular formula is C16H13NO4. The molecule has 0 bridgehead atoms. The molecule has 1 aliphatic heterocycles. The molecule has 5 nitrogen and oxygen atoms in total. The summed E-state index contributed by atoms with van der Waals surface area (Å²) in [6, 6.07) is 10.7. The number of hydrogen-bond acceptors (Lipinski definition) is 5. The summed E-state index contributed by atoms with van der Waals surface area (Å²) in [6.07, 6.45) is 3.08. The number of nitrogens with zero attached hydrogens (tertiary/aromatic N) is 1. The molecule has 3 rings (SSSR count). The van der Waals surface area contributed by atoms with Crippen molar-refractivity contribution in [2.24, 2.45) is 4.99 Å². The van der Waals surface area contributed by atoms with Gasteiger partial charge in [0.25, 0.3) is 0 Å². The van der Waals surface area contributed by atoms with Crippen molar-refractivity contribution < 1.29 is 18.7 Å². The highest BCUT2D eigenvalue weighted by atomic mass is 16.6. The number of hydrogen-bond donors (Lipinski definition) is 0. The van der Waals surface area contributed by atoms with E-state index < -0.39 is 5.97 Å². The van der Waals surface area contributed by atoms with Crippen molar-refractivity contribution in [3.05, 3.63) is 59.7 Å². The van der Waals surface area contributed by atoms with Gasteiger partial charge in [0.05, 0.1) is 12.9 Å². The average Bonchev–Trinajstić information content (AvgIpc) is 3.11. The molecule has 0 N–H and O–H groups in total. The summed E-state index contributed by atoms with van der Waals surface area (Å²) < 4.78 is 15.7. The lowest BCUT2D eigenvalue weighted by Gasteiger charge is -2.03. The molecule has 0 amide bonds. The van der Waals surface area contributed by atoms with Gasteiger partial charge >= 0.3 is 5.97 Å². The number of carbonyl (C=O) groups is 1. The van der Waals surface area contributed by atoms with Gasteiger partial charge < -0.3 is 13.9 Å². The van der Waals surface area contributed by atoms with Crippen molar-refractivity contribution >= 4 is 17.9 Å². The molecule has 0 saturated heterocycles. The lowest BCUT2D eigenvalue weighted by molar-refractivity contribution is -0.129. The summed E-state index contributed by atoms with van der Waals surface area (Å²) in [5.41, 5.74) is 0.934. The van der Waals surface area contributed by atoms with E-state index >= 15 is 0 Å². The van der Waals surface area contributed by atoms with Crippen LogP contribution >= 0.6 is 0 Å². The number of aliphatic imine (C=N–C) groups is 1. The Bertz CT molecular complexity index is 696. The van der Waals surface area contributed by atoms with Gasteiger partial charge in [-0.1, -0.05) is 0 Å². The molecule has 0 aliphatic carbocycles. The van der Waals surface area contributed by atoms with Crippen molar-refractivity contribution in [1.29, 1.82) is 0 Å². The minimum absolute atomic E-state index is 0.217. The molecule has 21 heavy (non-hydrogen) atoms. The number of carbonyl (C=O) groups excluding carboxylic acids is 1. The molecule has 2 aromatic rings. The van der Waals surface area contributed by atoms with Gasteiger partial charge in [-0.3, -0.25) is 0 Å². The Labute approximate surface area is 121 Å². The monoisotopic (exact) mass is 283 g/mol. The maximum atomic E-state index is 11.8. The number of cyclic esters (lactones) is 1. The van der Waals surface area contributed by atoms with Gasteiger partial charge in [-0.05, 0) is 43.3 Å². The molecule has 0 saturated carbocycles.